The highest BCUT2D eigenvalue weighted by Gasteiger charge is 2.47. The largest absolute Gasteiger partial charge is 0.337 e. The lowest BCUT2D eigenvalue weighted by molar-refractivity contribution is -0.133. The van der Waals surface area contributed by atoms with E-state index >= 15 is 0 Å². The van der Waals surface area contributed by atoms with Gasteiger partial charge in [-0.25, -0.2) is 4.98 Å². The molecule has 1 atom stereocenters. The Labute approximate surface area is 157 Å². The van der Waals surface area contributed by atoms with Crippen molar-refractivity contribution in [3.63, 3.8) is 0 Å². The lowest BCUT2D eigenvalue weighted by Crippen LogP contribution is -2.57. The fourth-order valence-corrected chi connectivity index (χ4v) is 5.03. The fourth-order valence-electron chi connectivity index (χ4n) is 4.26. The molecule has 5 nitrogen and oxygen atoms in total. The number of benzene rings is 1. The van der Waals surface area contributed by atoms with E-state index in [1.54, 1.807) is 5.51 Å². The second kappa shape index (κ2) is 6.83. The van der Waals surface area contributed by atoms with Gasteiger partial charge in [0.05, 0.1) is 16.6 Å². The Morgan fingerprint density at radius 1 is 1.15 bits per heavy atom. The summed E-state index contributed by atoms with van der Waals surface area (Å²) in [5, 5.41) is 0. The minimum absolute atomic E-state index is 0.0220. The molecule has 0 radical (unpaired) electrons. The Kier molecular flexibility index (Phi) is 4.53. The van der Waals surface area contributed by atoms with Crippen LogP contribution in [0.5, 0.6) is 0 Å². The van der Waals surface area contributed by atoms with Crippen LogP contribution in [0.4, 0.5) is 5.69 Å². The normalized spacial score (nSPS) is 23.5. The number of hydrogen-bond acceptors (Lipinski definition) is 4. The summed E-state index contributed by atoms with van der Waals surface area (Å²) >= 11 is 1.39. The van der Waals surface area contributed by atoms with Crippen LogP contribution in [0.15, 0.2) is 35.8 Å². The first kappa shape index (κ1) is 17.2. The Morgan fingerprint density at radius 2 is 1.88 bits per heavy atom. The molecule has 2 aromatic rings. The average Bonchev–Trinajstić information content (AvgIpc) is 3.10. The number of aryl methyl sites for hydroxylation is 1. The number of carbonyl (C=O) groups is 2. The molecule has 2 aliphatic rings. The lowest BCUT2D eigenvalue weighted by Gasteiger charge is -2.47. The van der Waals surface area contributed by atoms with E-state index < -0.39 is 5.41 Å². The van der Waals surface area contributed by atoms with Crippen molar-refractivity contribution in [3.05, 3.63) is 46.4 Å². The van der Waals surface area contributed by atoms with E-state index in [9.17, 15) is 9.59 Å². The Balaban J connectivity index is 1.58. The van der Waals surface area contributed by atoms with E-state index in [0.29, 0.717) is 11.4 Å². The van der Waals surface area contributed by atoms with E-state index in [2.05, 4.69) is 4.98 Å². The molecule has 1 unspecified atom stereocenters. The van der Waals surface area contributed by atoms with Gasteiger partial charge in [-0.3, -0.25) is 9.59 Å². The number of aromatic nitrogens is 1. The van der Waals surface area contributed by atoms with Crippen molar-refractivity contribution < 1.29 is 9.59 Å². The van der Waals surface area contributed by atoms with E-state index in [0.717, 1.165) is 50.2 Å². The van der Waals surface area contributed by atoms with E-state index in [-0.39, 0.29) is 11.8 Å². The molecule has 2 fully saturated rings. The van der Waals surface area contributed by atoms with Gasteiger partial charge in [0.25, 0.3) is 5.91 Å². The van der Waals surface area contributed by atoms with Crippen molar-refractivity contribution in [1.29, 1.82) is 0 Å². The third-order valence-electron chi connectivity index (χ3n) is 5.61. The zero-order valence-corrected chi connectivity index (χ0v) is 15.8. The molecular formula is C20H23N3O2S. The molecule has 0 saturated carbocycles. The highest BCUT2D eigenvalue weighted by Crippen LogP contribution is 2.41. The van der Waals surface area contributed by atoms with Gasteiger partial charge in [0.15, 0.2) is 0 Å². The molecule has 26 heavy (non-hydrogen) atoms. The standard InChI is InChI=1S/C20H23N3O2S/c1-15-17(26-14-21-15)18(24)22-11-5-9-20(13-22)10-6-12-23(19(20)25)16-7-3-2-4-8-16/h2-4,7-8,14H,5-6,9-13H2,1H3. The predicted octanol–water partition coefficient (Wildman–Crippen LogP) is 3.50. The van der Waals surface area contributed by atoms with Gasteiger partial charge in [0.1, 0.15) is 4.88 Å². The highest BCUT2D eigenvalue weighted by atomic mass is 32.1. The summed E-state index contributed by atoms with van der Waals surface area (Å²) in [4.78, 5) is 35.0. The van der Waals surface area contributed by atoms with Crippen LogP contribution in [-0.2, 0) is 4.79 Å². The van der Waals surface area contributed by atoms with Crippen molar-refractivity contribution in [1.82, 2.24) is 9.88 Å². The molecule has 0 N–H and O–H groups in total. The maximum absolute atomic E-state index is 13.4. The molecule has 2 aliphatic heterocycles. The number of likely N-dealkylation sites (tertiary alicyclic amines) is 1. The Bertz CT molecular complexity index is 815. The lowest BCUT2D eigenvalue weighted by atomic mass is 9.72. The third-order valence-corrected chi connectivity index (χ3v) is 6.52. The van der Waals surface area contributed by atoms with Gasteiger partial charge in [-0.1, -0.05) is 18.2 Å². The molecular weight excluding hydrogens is 346 g/mol. The molecule has 4 rings (SSSR count). The summed E-state index contributed by atoms with van der Waals surface area (Å²) in [7, 11) is 0. The van der Waals surface area contributed by atoms with Gasteiger partial charge in [-0.05, 0) is 44.7 Å². The first-order chi connectivity index (χ1) is 12.6. The zero-order chi connectivity index (χ0) is 18.1. The third kappa shape index (κ3) is 2.92. The van der Waals surface area contributed by atoms with Crippen LogP contribution in [0.3, 0.4) is 0 Å². The summed E-state index contributed by atoms with van der Waals surface area (Å²) < 4.78 is 0. The first-order valence-electron chi connectivity index (χ1n) is 9.17. The molecule has 6 heteroatoms. The molecule has 3 heterocycles. The summed E-state index contributed by atoms with van der Waals surface area (Å²) in [5.74, 6) is 0.196. The van der Waals surface area contributed by atoms with Crippen molar-refractivity contribution in [2.45, 2.75) is 32.6 Å². The van der Waals surface area contributed by atoms with Crippen LogP contribution in [0, 0.1) is 12.3 Å². The van der Waals surface area contributed by atoms with E-state index in [1.807, 2.05) is 47.1 Å². The number of amides is 2. The molecule has 1 spiro atoms. The first-order valence-corrected chi connectivity index (χ1v) is 10.1. The van der Waals surface area contributed by atoms with Crippen molar-refractivity contribution in [3.8, 4) is 0 Å². The number of anilines is 1. The van der Waals surface area contributed by atoms with Gasteiger partial charge in [-0.2, -0.15) is 0 Å². The number of para-hydroxylation sites is 1. The summed E-state index contributed by atoms with van der Waals surface area (Å²) in [6.07, 6.45) is 3.57. The van der Waals surface area contributed by atoms with Crippen LogP contribution in [0.2, 0.25) is 0 Å². The summed E-state index contributed by atoms with van der Waals surface area (Å²) in [5.41, 5.74) is 3.00. The summed E-state index contributed by atoms with van der Waals surface area (Å²) in [6, 6.07) is 9.87. The second-order valence-corrected chi connectivity index (χ2v) is 8.13. The van der Waals surface area contributed by atoms with Gasteiger partial charge in [-0.15, -0.1) is 11.3 Å². The maximum Gasteiger partial charge on any atom is 0.265 e. The smallest absolute Gasteiger partial charge is 0.265 e. The molecule has 1 aromatic carbocycles. The van der Waals surface area contributed by atoms with Gasteiger partial charge < -0.3 is 9.80 Å². The quantitative estimate of drug-likeness (QED) is 0.814. The van der Waals surface area contributed by atoms with Crippen molar-refractivity contribution >= 4 is 28.8 Å². The monoisotopic (exact) mass is 369 g/mol. The number of hydrogen-bond donors (Lipinski definition) is 0. The second-order valence-electron chi connectivity index (χ2n) is 7.27. The van der Waals surface area contributed by atoms with E-state index in [4.69, 9.17) is 0 Å². The van der Waals surface area contributed by atoms with Crippen molar-refractivity contribution in [2.75, 3.05) is 24.5 Å². The SMILES string of the molecule is Cc1ncsc1C(=O)N1CCCC2(CCCN(c3ccccc3)C2=O)C1. The number of rotatable bonds is 2. The van der Waals surface area contributed by atoms with Crippen LogP contribution >= 0.6 is 11.3 Å². The van der Waals surface area contributed by atoms with Crippen LogP contribution in [0.1, 0.15) is 41.0 Å². The molecule has 1 aromatic heterocycles. The van der Waals surface area contributed by atoms with Gasteiger partial charge >= 0.3 is 0 Å². The number of nitrogens with zero attached hydrogens (tertiary/aromatic N) is 3. The van der Waals surface area contributed by atoms with Gasteiger partial charge in [0, 0.05) is 25.3 Å². The number of carbonyl (C=O) groups excluding carboxylic acids is 2. The predicted molar refractivity (Wildman–Crippen MR) is 102 cm³/mol. The Morgan fingerprint density at radius 3 is 2.58 bits per heavy atom. The summed E-state index contributed by atoms with van der Waals surface area (Å²) in [6.45, 7) is 3.86. The Hall–Kier alpha value is -2.21. The molecule has 136 valence electrons. The van der Waals surface area contributed by atoms with Crippen LogP contribution < -0.4 is 4.90 Å². The zero-order valence-electron chi connectivity index (χ0n) is 15.0. The minimum atomic E-state index is -0.444. The minimum Gasteiger partial charge on any atom is -0.337 e. The van der Waals surface area contributed by atoms with Crippen LogP contribution in [0.25, 0.3) is 0 Å². The molecule has 0 aliphatic carbocycles. The number of thiazole rings is 1. The molecule has 0 bridgehead atoms. The average molecular weight is 369 g/mol. The van der Waals surface area contributed by atoms with E-state index in [1.165, 1.54) is 11.3 Å². The number of piperidine rings is 2. The van der Waals surface area contributed by atoms with Crippen molar-refractivity contribution in [2.24, 2.45) is 5.41 Å². The fraction of sp³-hybridized carbons (Fsp3) is 0.450. The van der Waals surface area contributed by atoms with Gasteiger partial charge in [0.2, 0.25) is 5.91 Å². The topological polar surface area (TPSA) is 53.5 Å². The highest BCUT2D eigenvalue weighted by molar-refractivity contribution is 7.11. The maximum atomic E-state index is 13.4. The van der Waals surface area contributed by atoms with Crippen LogP contribution in [-0.4, -0.2) is 41.3 Å². The molecule has 2 saturated heterocycles. The molecule has 2 amide bonds.